The van der Waals surface area contributed by atoms with Crippen LogP contribution in [0.25, 0.3) is 0 Å². The highest BCUT2D eigenvalue weighted by Gasteiger charge is 1.95. The fourth-order valence-corrected chi connectivity index (χ4v) is 2.17. The molecule has 0 N–H and O–H groups in total. The molecular formula is C21H36O6. The van der Waals surface area contributed by atoms with Crippen LogP contribution in [0.3, 0.4) is 0 Å². The molecule has 0 saturated heterocycles. The Kier molecular flexibility index (Phi) is 17.3. The van der Waals surface area contributed by atoms with Crippen molar-refractivity contribution in [2.24, 2.45) is 0 Å². The molecule has 1 rings (SSSR count). The van der Waals surface area contributed by atoms with E-state index in [2.05, 4.69) is 6.92 Å². The average molecular weight is 385 g/mol. The second kappa shape index (κ2) is 19.6. The molecule has 1 aromatic rings. The fourth-order valence-electron chi connectivity index (χ4n) is 2.17. The molecule has 6 heteroatoms. The third-order valence-electron chi connectivity index (χ3n) is 3.62. The van der Waals surface area contributed by atoms with Gasteiger partial charge in [-0.2, -0.15) is 0 Å². The molecular weight excluding hydrogens is 348 g/mol. The van der Waals surface area contributed by atoms with E-state index in [1.807, 2.05) is 30.3 Å². The molecule has 0 aliphatic rings. The number of para-hydroxylation sites is 1. The molecule has 0 aliphatic heterocycles. The van der Waals surface area contributed by atoms with E-state index in [-0.39, 0.29) is 0 Å². The number of unbranched alkanes of at least 4 members (excludes halogenated alkanes) is 2. The Morgan fingerprint density at radius 1 is 0.519 bits per heavy atom. The molecule has 1 aromatic carbocycles. The second-order valence-electron chi connectivity index (χ2n) is 5.93. The van der Waals surface area contributed by atoms with Gasteiger partial charge in [-0.15, -0.1) is 0 Å². The van der Waals surface area contributed by atoms with Crippen molar-refractivity contribution in [2.75, 3.05) is 72.7 Å². The summed E-state index contributed by atoms with van der Waals surface area (Å²) in [5, 5.41) is 0. The Bertz CT molecular complexity index is 401. The third kappa shape index (κ3) is 16.7. The van der Waals surface area contributed by atoms with Gasteiger partial charge >= 0.3 is 0 Å². The zero-order valence-electron chi connectivity index (χ0n) is 16.7. The first kappa shape index (κ1) is 23.9. The van der Waals surface area contributed by atoms with Gasteiger partial charge in [-0.25, -0.2) is 0 Å². The minimum Gasteiger partial charge on any atom is -0.491 e. The van der Waals surface area contributed by atoms with Crippen LogP contribution < -0.4 is 4.74 Å². The molecule has 0 saturated carbocycles. The van der Waals surface area contributed by atoms with E-state index in [1.54, 1.807) is 0 Å². The maximum absolute atomic E-state index is 5.53. The topological polar surface area (TPSA) is 55.4 Å². The zero-order valence-corrected chi connectivity index (χ0v) is 16.7. The lowest BCUT2D eigenvalue weighted by Gasteiger charge is -2.08. The van der Waals surface area contributed by atoms with Crippen LogP contribution in [-0.2, 0) is 23.7 Å². The molecule has 0 bridgehead atoms. The van der Waals surface area contributed by atoms with Crippen LogP contribution in [0.1, 0.15) is 26.2 Å². The number of hydrogen-bond donors (Lipinski definition) is 0. The quantitative estimate of drug-likeness (QED) is 0.321. The van der Waals surface area contributed by atoms with Crippen LogP contribution in [0.5, 0.6) is 5.75 Å². The van der Waals surface area contributed by atoms with Gasteiger partial charge in [0.05, 0.1) is 59.5 Å². The molecule has 6 nitrogen and oxygen atoms in total. The van der Waals surface area contributed by atoms with E-state index in [4.69, 9.17) is 28.4 Å². The number of ether oxygens (including phenoxy) is 6. The van der Waals surface area contributed by atoms with Crippen LogP contribution in [0.4, 0.5) is 0 Å². The smallest absolute Gasteiger partial charge is 0.119 e. The van der Waals surface area contributed by atoms with E-state index in [1.165, 1.54) is 12.8 Å². The molecule has 0 unspecified atom stereocenters. The lowest BCUT2D eigenvalue weighted by Crippen LogP contribution is -2.14. The summed E-state index contributed by atoms with van der Waals surface area (Å²) in [6.07, 6.45) is 3.58. The van der Waals surface area contributed by atoms with Crippen LogP contribution in [0.2, 0.25) is 0 Å². The van der Waals surface area contributed by atoms with Crippen molar-refractivity contribution in [1.82, 2.24) is 0 Å². The molecule has 0 radical (unpaired) electrons. The summed E-state index contributed by atoms with van der Waals surface area (Å²) in [6, 6.07) is 9.71. The van der Waals surface area contributed by atoms with Crippen molar-refractivity contribution in [1.29, 1.82) is 0 Å². The lowest BCUT2D eigenvalue weighted by molar-refractivity contribution is -0.0128. The summed E-state index contributed by atoms with van der Waals surface area (Å²) in [5.74, 6) is 0.859. The fraction of sp³-hybridized carbons (Fsp3) is 0.714. The second-order valence-corrected chi connectivity index (χ2v) is 5.93. The largest absolute Gasteiger partial charge is 0.491 e. The Hall–Kier alpha value is -1.18. The first-order valence-electron chi connectivity index (χ1n) is 10.00. The minimum absolute atomic E-state index is 0.539. The monoisotopic (exact) mass is 384 g/mol. The lowest BCUT2D eigenvalue weighted by atomic mass is 10.3. The molecule has 0 aromatic heterocycles. The predicted molar refractivity (Wildman–Crippen MR) is 106 cm³/mol. The van der Waals surface area contributed by atoms with E-state index in [0.29, 0.717) is 66.1 Å². The zero-order chi connectivity index (χ0) is 19.3. The van der Waals surface area contributed by atoms with Crippen LogP contribution in [0, 0.1) is 0 Å². The molecule has 0 spiro atoms. The normalized spacial score (nSPS) is 11.0. The first-order chi connectivity index (χ1) is 13.4. The predicted octanol–water partition coefficient (Wildman–Crippen LogP) is 3.34. The summed E-state index contributed by atoms with van der Waals surface area (Å²) in [7, 11) is 0. The standard InChI is InChI=1S/C21H36O6/c1-2-3-7-10-22-11-12-23-13-14-24-15-16-25-17-18-26-19-20-27-21-8-5-4-6-9-21/h4-6,8-9H,2-3,7,10-20H2,1H3. The van der Waals surface area contributed by atoms with Crippen LogP contribution >= 0.6 is 0 Å². The van der Waals surface area contributed by atoms with E-state index in [0.717, 1.165) is 18.8 Å². The summed E-state index contributed by atoms with van der Waals surface area (Å²) < 4.78 is 32.7. The van der Waals surface area contributed by atoms with E-state index in [9.17, 15) is 0 Å². The maximum atomic E-state index is 5.53. The Labute approximate surface area is 164 Å². The van der Waals surface area contributed by atoms with Crippen molar-refractivity contribution in [3.8, 4) is 5.75 Å². The van der Waals surface area contributed by atoms with Gasteiger partial charge in [-0.05, 0) is 18.6 Å². The molecule has 0 atom stereocenters. The van der Waals surface area contributed by atoms with Crippen LogP contribution in [-0.4, -0.2) is 72.7 Å². The molecule has 0 fully saturated rings. The van der Waals surface area contributed by atoms with E-state index < -0.39 is 0 Å². The Morgan fingerprint density at radius 2 is 0.963 bits per heavy atom. The van der Waals surface area contributed by atoms with Crippen molar-refractivity contribution >= 4 is 0 Å². The van der Waals surface area contributed by atoms with Gasteiger partial charge < -0.3 is 28.4 Å². The maximum Gasteiger partial charge on any atom is 0.119 e. The SMILES string of the molecule is CCCCCOCCOCCOCCOCCOCCOc1ccccc1. The summed E-state index contributed by atoms with van der Waals surface area (Å²) in [6.45, 7) is 8.78. The van der Waals surface area contributed by atoms with Gasteiger partial charge in [0.1, 0.15) is 12.4 Å². The van der Waals surface area contributed by atoms with Gasteiger partial charge in [0.15, 0.2) is 0 Å². The van der Waals surface area contributed by atoms with Crippen molar-refractivity contribution in [3.05, 3.63) is 30.3 Å². The minimum atomic E-state index is 0.539. The molecule has 27 heavy (non-hydrogen) atoms. The molecule has 0 aliphatic carbocycles. The van der Waals surface area contributed by atoms with E-state index >= 15 is 0 Å². The highest BCUT2D eigenvalue weighted by molar-refractivity contribution is 5.20. The Balaban J connectivity index is 1.67. The van der Waals surface area contributed by atoms with Crippen LogP contribution in [0.15, 0.2) is 30.3 Å². The highest BCUT2D eigenvalue weighted by atomic mass is 16.6. The van der Waals surface area contributed by atoms with Crippen molar-refractivity contribution in [3.63, 3.8) is 0 Å². The first-order valence-corrected chi connectivity index (χ1v) is 10.00. The summed E-state index contributed by atoms with van der Waals surface area (Å²) >= 11 is 0. The number of rotatable bonds is 20. The Morgan fingerprint density at radius 3 is 1.44 bits per heavy atom. The third-order valence-corrected chi connectivity index (χ3v) is 3.62. The molecule has 156 valence electrons. The number of benzene rings is 1. The average Bonchev–Trinajstić information content (AvgIpc) is 2.70. The summed E-state index contributed by atoms with van der Waals surface area (Å²) in [5.41, 5.74) is 0. The van der Waals surface area contributed by atoms with Gasteiger partial charge in [0.25, 0.3) is 0 Å². The van der Waals surface area contributed by atoms with Gasteiger partial charge in [-0.3, -0.25) is 0 Å². The summed E-state index contributed by atoms with van der Waals surface area (Å²) in [4.78, 5) is 0. The molecule has 0 heterocycles. The van der Waals surface area contributed by atoms with Gasteiger partial charge in [-0.1, -0.05) is 38.0 Å². The molecule has 0 amide bonds. The van der Waals surface area contributed by atoms with Gasteiger partial charge in [0.2, 0.25) is 0 Å². The van der Waals surface area contributed by atoms with Crippen molar-refractivity contribution < 1.29 is 28.4 Å². The van der Waals surface area contributed by atoms with Crippen molar-refractivity contribution in [2.45, 2.75) is 26.2 Å². The van der Waals surface area contributed by atoms with Gasteiger partial charge in [0, 0.05) is 6.61 Å². The number of hydrogen-bond acceptors (Lipinski definition) is 6. The highest BCUT2D eigenvalue weighted by Crippen LogP contribution is 2.07.